The molecule has 0 aromatic carbocycles. The Morgan fingerprint density at radius 3 is 2.79 bits per heavy atom. The molecule has 2 unspecified atom stereocenters. The van der Waals surface area contributed by atoms with Gasteiger partial charge in [0.1, 0.15) is 11.9 Å². The highest BCUT2D eigenvalue weighted by atomic mass is 127. The minimum Gasteiger partial charge on any atom is -0.469 e. The molecule has 1 aromatic heterocycles. The van der Waals surface area contributed by atoms with Gasteiger partial charge in [-0.2, -0.15) is 0 Å². The van der Waals surface area contributed by atoms with Crippen molar-refractivity contribution in [1.82, 2.24) is 10.6 Å². The van der Waals surface area contributed by atoms with Crippen molar-refractivity contribution in [2.75, 3.05) is 52.7 Å². The van der Waals surface area contributed by atoms with E-state index < -0.39 is 5.79 Å². The standard InChI is InChI=1S/C20H31N3O5.HI/c1-2-17(26-8-1)3-7-21-19(22-12-16-4-9-25-14-16)23-13-18-15-27-20(28-18)5-10-24-11-6-20;/h1-2,8,16,18H,3-7,9-15H2,(H2,21,22,23);1H. The summed E-state index contributed by atoms with van der Waals surface area (Å²) in [5.74, 6) is 1.82. The molecule has 0 bridgehead atoms. The number of nitrogens with zero attached hydrogens (tertiary/aromatic N) is 1. The molecule has 3 fully saturated rings. The molecule has 4 heterocycles. The van der Waals surface area contributed by atoms with Gasteiger partial charge in [0.15, 0.2) is 11.7 Å². The van der Waals surface area contributed by atoms with Crippen LogP contribution in [-0.4, -0.2) is 70.5 Å². The van der Waals surface area contributed by atoms with Gasteiger partial charge in [0.2, 0.25) is 0 Å². The lowest BCUT2D eigenvalue weighted by Crippen LogP contribution is -2.44. The van der Waals surface area contributed by atoms with E-state index >= 15 is 0 Å². The van der Waals surface area contributed by atoms with Gasteiger partial charge < -0.3 is 34.0 Å². The first-order valence-electron chi connectivity index (χ1n) is 10.3. The van der Waals surface area contributed by atoms with Crippen LogP contribution in [0.3, 0.4) is 0 Å². The maximum Gasteiger partial charge on any atom is 0.191 e. The molecule has 1 aromatic rings. The second-order valence-electron chi connectivity index (χ2n) is 7.63. The predicted molar refractivity (Wildman–Crippen MR) is 119 cm³/mol. The Balaban J connectivity index is 0.00000240. The lowest BCUT2D eigenvalue weighted by molar-refractivity contribution is -0.210. The number of nitrogens with one attached hydrogen (secondary N) is 2. The van der Waals surface area contributed by atoms with Crippen LogP contribution >= 0.6 is 24.0 Å². The predicted octanol–water partition coefficient (Wildman–Crippen LogP) is 1.93. The fraction of sp³-hybridized carbons (Fsp3) is 0.750. The molecule has 8 nitrogen and oxygen atoms in total. The monoisotopic (exact) mass is 521 g/mol. The number of halogens is 1. The van der Waals surface area contributed by atoms with Crippen LogP contribution < -0.4 is 10.6 Å². The van der Waals surface area contributed by atoms with Crippen molar-refractivity contribution < 1.29 is 23.4 Å². The van der Waals surface area contributed by atoms with Crippen LogP contribution in [0.1, 0.15) is 25.0 Å². The van der Waals surface area contributed by atoms with E-state index in [2.05, 4.69) is 10.6 Å². The molecule has 2 atom stereocenters. The number of aliphatic imine (C=N–C) groups is 1. The first-order chi connectivity index (χ1) is 13.8. The van der Waals surface area contributed by atoms with Gasteiger partial charge in [0.25, 0.3) is 0 Å². The summed E-state index contributed by atoms with van der Waals surface area (Å²) in [6.07, 6.45) is 5.21. The zero-order chi connectivity index (χ0) is 19.1. The molecule has 3 aliphatic rings. The molecule has 4 rings (SSSR count). The fourth-order valence-electron chi connectivity index (χ4n) is 3.75. The number of rotatable bonds is 7. The maximum absolute atomic E-state index is 6.20. The zero-order valence-corrected chi connectivity index (χ0v) is 19.1. The average Bonchev–Trinajstić information content (AvgIpc) is 3.47. The molecule has 3 aliphatic heterocycles. The van der Waals surface area contributed by atoms with Crippen molar-refractivity contribution in [1.29, 1.82) is 0 Å². The average molecular weight is 521 g/mol. The van der Waals surface area contributed by atoms with Crippen LogP contribution in [0, 0.1) is 5.92 Å². The molecular weight excluding hydrogens is 489 g/mol. The Hall–Kier alpha value is -0.880. The lowest BCUT2D eigenvalue weighted by atomic mass is 10.1. The molecule has 29 heavy (non-hydrogen) atoms. The van der Waals surface area contributed by atoms with Gasteiger partial charge in [-0.3, -0.25) is 4.99 Å². The van der Waals surface area contributed by atoms with Gasteiger partial charge in [-0.25, -0.2) is 0 Å². The van der Waals surface area contributed by atoms with Crippen LogP contribution in [0.5, 0.6) is 0 Å². The summed E-state index contributed by atoms with van der Waals surface area (Å²) >= 11 is 0. The van der Waals surface area contributed by atoms with Crippen LogP contribution in [0.4, 0.5) is 0 Å². The summed E-state index contributed by atoms with van der Waals surface area (Å²) in [6.45, 7) is 5.82. The van der Waals surface area contributed by atoms with Crippen molar-refractivity contribution >= 4 is 29.9 Å². The van der Waals surface area contributed by atoms with E-state index in [0.717, 1.165) is 63.7 Å². The van der Waals surface area contributed by atoms with Gasteiger partial charge in [-0.15, -0.1) is 24.0 Å². The molecular formula is C20H32IN3O5. The van der Waals surface area contributed by atoms with E-state index in [0.29, 0.717) is 32.3 Å². The second kappa shape index (κ2) is 11.5. The van der Waals surface area contributed by atoms with Crippen molar-refractivity contribution in [3.63, 3.8) is 0 Å². The molecule has 0 saturated carbocycles. The topological polar surface area (TPSA) is 86.5 Å². The van der Waals surface area contributed by atoms with E-state index in [1.165, 1.54) is 0 Å². The number of hydrogen-bond donors (Lipinski definition) is 2. The SMILES string of the molecule is I.c1coc(CCNC(=NCC2CCOC2)NCC2COC3(CCOCC3)O2)c1. The normalized spacial score (nSPS) is 26.4. The van der Waals surface area contributed by atoms with Gasteiger partial charge >= 0.3 is 0 Å². The molecule has 0 aliphatic carbocycles. The third-order valence-electron chi connectivity index (χ3n) is 5.44. The first kappa shape index (κ1) is 22.8. The summed E-state index contributed by atoms with van der Waals surface area (Å²) in [5.41, 5.74) is 0. The number of furan rings is 1. The van der Waals surface area contributed by atoms with Crippen molar-refractivity contribution in [3.05, 3.63) is 24.2 Å². The van der Waals surface area contributed by atoms with E-state index in [-0.39, 0.29) is 30.1 Å². The van der Waals surface area contributed by atoms with E-state index in [4.69, 9.17) is 28.4 Å². The summed E-state index contributed by atoms with van der Waals surface area (Å²) in [7, 11) is 0. The Labute approximate surface area is 189 Å². The molecule has 164 valence electrons. The number of ether oxygens (including phenoxy) is 4. The Kier molecular flexibility index (Phi) is 9.04. The van der Waals surface area contributed by atoms with Crippen LogP contribution in [-0.2, 0) is 25.4 Å². The van der Waals surface area contributed by atoms with Gasteiger partial charge in [-0.05, 0) is 18.6 Å². The van der Waals surface area contributed by atoms with Gasteiger partial charge in [0, 0.05) is 51.4 Å². The smallest absolute Gasteiger partial charge is 0.191 e. The van der Waals surface area contributed by atoms with Crippen LogP contribution in [0.2, 0.25) is 0 Å². The van der Waals surface area contributed by atoms with E-state index in [9.17, 15) is 0 Å². The van der Waals surface area contributed by atoms with Crippen molar-refractivity contribution in [2.45, 2.75) is 37.6 Å². The Bertz CT molecular complexity index is 616. The second-order valence-corrected chi connectivity index (χ2v) is 7.63. The Morgan fingerprint density at radius 1 is 1.14 bits per heavy atom. The minimum absolute atomic E-state index is 0. The molecule has 0 amide bonds. The highest BCUT2D eigenvalue weighted by molar-refractivity contribution is 14.0. The molecule has 9 heteroatoms. The first-order valence-corrected chi connectivity index (χ1v) is 10.3. The lowest BCUT2D eigenvalue weighted by Gasteiger charge is -2.31. The molecule has 3 saturated heterocycles. The van der Waals surface area contributed by atoms with Crippen molar-refractivity contribution in [3.8, 4) is 0 Å². The third kappa shape index (κ3) is 6.81. The minimum atomic E-state index is -0.449. The molecule has 0 radical (unpaired) electrons. The number of hydrogen-bond acceptors (Lipinski definition) is 6. The quantitative estimate of drug-likeness (QED) is 0.322. The maximum atomic E-state index is 6.20. The highest BCUT2D eigenvalue weighted by Crippen LogP contribution is 2.32. The molecule has 1 spiro atoms. The summed E-state index contributed by atoms with van der Waals surface area (Å²) < 4.78 is 28.4. The summed E-state index contributed by atoms with van der Waals surface area (Å²) in [5, 5.41) is 6.82. The molecule has 2 N–H and O–H groups in total. The fourth-order valence-corrected chi connectivity index (χ4v) is 3.75. The Morgan fingerprint density at radius 2 is 2.03 bits per heavy atom. The van der Waals surface area contributed by atoms with Crippen LogP contribution in [0.15, 0.2) is 27.8 Å². The summed E-state index contributed by atoms with van der Waals surface area (Å²) in [4.78, 5) is 4.76. The highest BCUT2D eigenvalue weighted by Gasteiger charge is 2.42. The number of guanidine groups is 1. The van der Waals surface area contributed by atoms with Gasteiger partial charge in [0.05, 0.1) is 32.7 Å². The van der Waals surface area contributed by atoms with Gasteiger partial charge in [-0.1, -0.05) is 0 Å². The van der Waals surface area contributed by atoms with Crippen molar-refractivity contribution in [2.24, 2.45) is 10.9 Å². The largest absolute Gasteiger partial charge is 0.469 e. The van der Waals surface area contributed by atoms with Crippen LogP contribution in [0.25, 0.3) is 0 Å². The van der Waals surface area contributed by atoms with E-state index in [1.54, 1.807) is 6.26 Å². The third-order valence-corrected chi connectivity index (χ3v) is 5.44. The summed E-state index contributed by atoms with van der Waals surface area (Å²) in [6, 6.07) is 3.89. The zero-order valence-electron chi connectivity index (χ0n) is 16.8. The van der Waals surface area contributed by atoms with E-state index in [1.807, 2.05) is 12.1 Å².